The summed E-state index contributed by atoms with van der Waals surface area (Å²) in [5.74, 6) is -1.88. The van der Waals surface area contributed by atoms with Crippen LogP contribution in [0.1, 0.15) is 6.92 Å². The molecule has 1 fully saturated rings. The van der Waals surface area contributed by atoms with Crippen molar-refractivity contribution in [1.82, 2.24) is 0 Å². The van der Waals surface area contributed by atoms with Crippen LogP contribution in [-0.4, -0.2) is 35.2 Å². The molecular weight excluding hydrogens is 379 g/mol. The summed E-state index contributed by atoms with van der Waals surface area (Å²) in [6.07, 6.45) is -8.92. The number of benzene rings is 1. The van der Waals surface area contributed by atoms with E-state index >= 15 is 0 Å². The number of anilines is 1. The standard InChI is InChI=1S/C13H10Cl2F4N2OS/c1-6-5-21(9-3-7(14)2-8(15)4-9)12(23-6)20-11(22)10(16)13(17,18)19/h2-4,6,10H,5H2,1H3. The van der Waals surface area contributed by atoms with Crippen molar-refractivity contribution >= 4 is 51.7 Å². The zero-order valence-electron chi connectivity index (χ0n) is 11.6. The third-order valence-electron chi connectivity index (χ3n) is 2.85. The Kier molecular flexibility index (Phi) is 5.48. The molecule has 2 rings (SSSR count). The van der Waals surface area contributed by atoms with Crippen LogP contribution in [0.15, 0.2) is 23.2 Å². The summed E-state index contributed by atoms with van der Waals surface area (Å²) in [6.45, 7) is 2.17. The van der Waals surface area contributed by atoms with Gasteiger partial charge in [0.05, 0.1) is 0 Å². The molecule has 0 aromatic heterocycles. The number of aliphatic imine (C=N–C) groups is 1. The molecular formula is C13H10Cl2F4N2OS. The summed E-state index contributed by atoms with van der Waals surface area (Å²) in [6, 6.07) is 4.55. The van der Waals surface area contributed by atoms with Gasteiger partial charge in [-0.1, -0.05) is 41.9 Å². The van der Waals surface area contributed by atoms with Gasteiger partial charge in [0.2, 0.25) is 0 Å². The molecule has 1 aromatic carbocycles. The van der Waals surface area contributed by atoms with Crippen molar-refractivity contribution in [2.24, 2.45) is 4.99 Å². The fourth-order valence-corrected chi connectivity index (χ4v) is 3.45. The Morgan fingerprint density at radius 3 is 2.43 bits per heavy atom. The second kappa shape index (κ2) is 6.86. The Labute approximate surface area is 143 Å². The molecule has 1 heterocycles. The van der Waals surface area contributed by atoms with Gasteiger partial charge >= 0.3 is 6.18 Å². The Morgan fingerprint density at radius 2 is 1.91 bits per heavy atom. The highest BCUT2D eigenvalue weighted by molar-refractivity contribution is 8.15. The number of carbonyl (C=O) groups excluding carboxylic acids is 1. The average molecular weight is 389 g/mol. The normalized spacial score (nSPS) is 21.8. The molecule has 2 atom stereocenters. The van der Waals surface area contributed by atoms with Gasteiger partial charge in [0.15, 0.2) is 5.17 Å². The lowest BCUT2D eigenvalue weighted by Crippen LogP contribution is -2.33. The monoisotopic (exact) mass is 388 g/mol. The summed E-state index contributed by atoms with van der Waals surface area (Å²) >= 11 is 12.9. The fraction of sp³-hybridized carbons (Fsp3) is 0.385. The zero-order valence-corrected chi connectivity index (χ0v) is 13.9. The van der Waals surface area contributed by atoms with Crippen LogP contribution in [0.3, 0.4) is 0 Å². The lowest BCUT2D eigenvalue weighted by molar-refractivity contribution is -0.184. The van der Waals surface area contributed by atoms with Crippen molar-refractivity contribution in [2.45, 2.75) is 24.5 Å². The summed E-state index contributed by atoms with van der Waals surface area (Å²) in [7, 11) is 0. The van der Waals surface area contributed by atoms with E-state index in [1.54, 1.807) is 6.92 Å². The number of hydrogen-bond acceptors (Lipinski definition) is 2. The molecule has 2 unspecified atom stereocenters. The van der Waals surface area contributed by atoms with E-state index in [1.165, 1.54) is 23.1 Å². The summed E-state index contributed by atoms with van der Waals surface area (Å²) in [5.41, 5.74) is 0.466. The summed E-state index contributed by atoms with van der Waals surface area (Å²) in [5, 5.41) is 0.568. The number of thioether (sulfide) groups is 1. The van der Waals surface area contributed by atoms with Crippen LogP contribution in [0.2, 0.25) is 10.0 Å². The van der Waals surface area contributed by atoms with Crippen LogP contribution in [0.25, 0.3) is 0 Å². The number of rotatable bonds is 2. The minimum Gasteiger partial charge on any atom is -0.320 e. The van der Waals surface area contributed by atoms with E-state index in [0.717, 1.165) is 11.8 Å². The fourth-order valence-electron chi connectivity index (χ4n) is 1.90. The van der Waals surface area contributed by atoms with Crippen LogP contribution in [0, 0.1) is 0 Å². The number of hydrogen-bond donors (Lipinski definition) is 0. The van der Waals surface area contributed by atoms with Crippen molar-refractivity contribution in [3.63, 3.8) is 0 Å². The van der Waals surface area contributed by atoms with E-state index in [2.05, 4.69) is 4.99 Å². The lowest BCUT2D eigenvalue weighted by Gasteiger charge is -2.19. The van der Waals surface area contributed by atoms with Gasteiger partial charge < -0.3 is 4.90 Å². The van der Waals surface area contributed by atoms with Crippen molar-refractivity contribution in [3.05, 3.63) is 28.2 Å². The molecule has 0 saturated carbocycles. The second-order valence-electron chi connectivity index (χ2n) is 4.80. The van der Waals surface area contributed by atoms with E-state index in [4.69, 9.17) is 23.2 Å². The molecule has 0 aliphatic carbocycles. The molecule has 1 amide bonds. The van der Waals surface area contributed by atoms with Gasteiger partial charge in [0.1, 0.15) is 0 Å². The van der Waals surface area contributed by atoms with Crippen LogP contribution in [0.5, 0.6) is 0 Å². The van der Waals surface area contributed by atoms with Gasteiger partial charge in [-0.05, 0) is 18.2 Å². The molecule has 126 valence electrons. The number of halogens is 6. The molecule has 1 aliphatic heterocycles. The third-order valence-corrected chi connectivity index (χ3v) is 4.36. The van der Waals surface area contributed by atoms with Crippen molar-refractivity contribution < 1.29 is 22.4 Å². The number of carbonyl (C=O) groups is 1. The molecule has 0 N–H and O–H groups in total. The van der Waals surface area contributed by atoms with Gasteiger partial charge in [-0.3, -0.25) is 4.79 Å². The minimum atomic E-state index is -5.28. The predicted molar refractivity (Wildman–Crippen MR) is 84.3 cm³/mol. The Hall–Kier alpha value is -0.990. The largest absolute Gasteiger partial charge is 0.428 e. The third kappa shape index (κ3) is 4.51. The predicted octanol–water partition coefficient (Wildman–Crippen LogP) is 4.72. The first kappa shape index (κ1) is 18.4. The maximum Gasteiger partial charge on any atom is 0.428 e. The quantitative estimate of drug-likeness (QED) is 0.687. The summed E-state index contributed by atoms with van der Waals surface area (Å²) in [4.78, 5) is 16.2. The molecule has 3 nitrogen and oxygen atoms in total. The van der Waals surface area contributed by atoms with Gasteiger partial charge in [-0.25, -0.2) is 4.39 Å². The highest BCUT2D eigenvalue weighted by Gasteiger charge is 2.46. The number of amidine groups is 1. The first-order chi connectivity index (χ1) is 10.6. The smallest absolute Gasteiger partial charge is 0.320 e. The number of alkyl halides is 4. The average Bonchev–Trinajstić information content (AvgIpc) is 2.76. The molecule has 0 bridgehead atoms. The van der Waals surface area contributed by atoms with E-state index in [9.17, 15) is 22.4 Å². The Balaban J connectivity index is 2.32. The van der Waals surface area contributed by atoms with Crippen LogP contribution < -0.4 is 4.90 Å². The zero-order chi connectivity index (χ0) is 17.4. The molecule has 0 radical (unpaired) electrons. The molecule has 1 aromatic rings. The van der Waals surface area contributed by atoms with Gasteiger partial charge in [0.25, 0.3) is 12.1 Å². The number of amides is 1. The van der Waals surface area contributed by atoms with E-state index in [1.807, 2.05) is 0 Å². The molecule has 0 spiro atoms. The summed E-state index contributed by atoms with van der Waals surface area (Å²) < 4.78 is 49.8. The molecule has 1 aliphatic rings. The topological polar surface area (TPSA) is 32.7 Å². The molecule has 10 heteroatoms. The van der Waals surface area contributed by atoms with Crippen molar-refractivity contribution in [2.75, 3.05) is 11.4 Å². The van der Waals surface area contributed by atoms with Crippen LogP contribution in [-0.2, 0) is 4.79 Å². The Morgan fingerprint density at radius 1 is 1.35 bits per heavy atom. The van der Waals surface area contributed by atoms with Crippen molar-refractivity contribution in [1.29, 1.82) is 0 Å². The molecule has 23 heavy (non-hydrogen) atoms. The van der Waals surface area contributed by atoms with E-state index < -0.39 is 18.3 Å². The van der Waals surface area contributed by atoms with E-state index in [-0.39, 0.29) is 10.4 Å². The first-order valence-corrected chi connectivity index (χ1v) is 7.95. The van der Waals surface area contributed by atoms with Gasteiger partial charge in [-0.15, -0.1) is 0 Å². The Bertz CT molecular complexity index is 633. The molecule has 1 saturated heterocycles. The lowest BCUT2D eigenvalue weighted by atomic mass is 10.3. The van der Waals surface area contributed by atoms with Gasteiger partial charge in [0, 0.05) is 27.5 Å². The highest BCUT2D eigenvalue weighted by atomic mass is 35.5. The van der Waals surface area contributed by atoms with Crippen LogP contribution >= 0.6 is 35.0 Å². The SMILES string of the molecule is CC1CN(c2cc(Cl)cc(Cl)c2)C(=NC(=O)C(F)C(F)(F)F)S1. The van der Waals surface area contributed by atoms with Crippen molar-refractivity contribution in [3.8, 4) is 0 Å². The van der Waals surface area contributed by atoms with E-state index in [0.29, 0.717) is 22.3 Å². The number of nitrogens with zero attached hydrogens (tertiary/aromatic N) is 2. The van der Waals surface area contributed by atoms with Crippen LogP contribution in [0.4, 0.5) is 23.2 Å². The van der Waals surface area contributed by atoms with Gasteiger partial charge in [-0.2, -0.15) is 18.2 Å². The maximum absolute atomic E-state index is 13.1. The minimum absolute atomic E-state index is 0.0206. The second-order valence-corrected chi connectivity index (χ2v) is 7.08. The first-order valence-electron chi connectivity index (χ1n) is 6.31. The highest BCUT2D eigenvalue weighted by Crippen LogP contribution is 2.34. The maximum atomic E-state index is 13.1.